The first-order valence-electron chi connectivity index (χ1n) is 13.3. The molecule has 0 saturated carbocycles. The Kier molecular flexibility index (Phi) is 7.36. The number of H-pyrrole nitrogens is 1. The van der Waals surface area contributed by atoms with E-state index in [1.165, 1.54) is 18.4 Å². The second-order valence-corrected chi connectivity index (χ2v) is 17.1. The molecular formula is C29H35FN4O4SSi. The lowest BCUT2D eigenvalue weighted by Crippen LogP contribution is -2.67. The third-order valence-corrected chi connectivity index (χ3v) is 13.7. The number of rotatable bonds is 7. The number of hydrogen-bond donors (Lipinski definition) is 2. The molecule has 11 heteroatoms. The average Bonchev–Trinajstić information content (AvgIpc) is 3.45. The monoisotopic (exact) mass is 582 g/mol. The van der Waals surface area contributed by atoms with E-state index in [0.29, 0.717) is 6.42 Å². The SMILES string of the molecule is CC(C)(F)[C@@H]1C[C@@H](CO[Si](c2ccccc2)(c2ccccc2)C(C)(C)C)O[C@H]1n1c(=O)sc2c(=O)[nH]c(N)nc21. The standard InChI is InChI=1S/C29H35FN4O4SSi/c1-28(2,3)40(19-12-8-6-9-13-19,20-14-10-7-11-15-20)37-17-18-16-21(29(4,5)30)25(38-18)34-23-22(39-27(34)36)24(35)33-26(31)32-23/h6-15,18,21,25H,16-17H2,1-5H3,(H3,31,32,33,35)/t18-,21+,25+/m0/s1. The number of halogens is 1. The van der Waals surface area contributed by atoms with Crippen LogP contribution in [0.25, 0.3) is 10.3 Å². The van der Waals surface area contributed by atoms with E-state index in [-0.39, 0.29) is 27.9 Å². The van der Waals surface area contributed by atoms with E-state index in [2.05, 4.69) is 55.0 Å². The van der Waals surface area contributed by atoms with Crippen molar-refractivity contribution in [3.8, 4) is 0 Å². The van der Waals surface area contributed by atoms with Crippen molar-refractivity contribution in [1.29, 1.82) is 0 Å². The molecular weight excluding hydrogens is 547 g/mol. The summed E-state index contributed by atoms with van der Waals surface area (Å²) >= 11 is 0.749. The van der Waals surface area contributed by atoms with E-state index < -0.39 is 42.7 Å². The minimum atomic E-state index is -2.86. The molecule has 40 heavy (non-hydrogen) atoms. The number of nitrogens with zero attached hydrogens (tertiary/aromatic N) is 2. The summed E-state index contributed by atoms with van der Waals surface area (Å²) in [7, 11) is -2.86. The van der Waals surface area contributed by atoms with Gasteiger partial charge in [0.15, 0.2) is 5.65 Å². The molecule has 3 N–H and O–H groups in total. The molecule has 2 aromatic heterocycles. The van der Waals surface area contributed by atoms with Crippen LogP contribution in [0.3, 0.4) is 0 Å². The summed E-state index contributed by atoms with van der Waals surface area (Å²) in [5.74, 6) is -0.803. The molecule has 3 atom stereocenters. The molecule has 4 aromatic rings. The molecule has 1 fully saturated rings. The largest absolute Gasteiger partial charge is 0.405 e. The van der Waals surface area contributed by atoms with Crippen LogP contribution in [0.4, 0.5) is 10.3 Å². The van der Waals surface area contributed by atoms with E-state index in [4.69, 9.17) is 14.9 Å². The van der Waals surface area contributed by atoms with Crippen molar-refractivity contribution in [1.82, 2.24) is 14.5 Å². The fraction of sp³-hybridized carbons (Fsp3) is 0.414. The first-order valence-corrected chi connectivity index (χ1v) is 16.1. The maximum Gasteiger partial charge on any atom is 0.311 e. The molecule has 0 bridgehead atoms. The van der Waals surface area contributed by atoms with Gasteiger partial charge in [-0.1, -0.05) is 92.8 Å². The molecule has 1 aliphatic rings. The normalized spacial score (nSPS) is 20.3. The fourth-order valence-electron chi connectivity index (χ4n) is 5.86. The minimum absolute atomic E-state index is 0.101. The van der Waals surface area contributed by atoms with Gasteiger partial charge in [0.2, 0.25) is 5.95 Å². The maximum atomic E-state index is 15.7. The highest BCUT2D eigenvalue weighted by atomic mass is 32.1. The molecule has 0 aliphatic carbocycles. The number of alkyl halides is 1. The van der Waals surface area contributed by atoms with Crippen molar-refractivity contribution < 1.29 is 13.6 Å². The summed E-state index contributed by atoms with van der Waals surface area (Å²) in [4.78, 5) is 31.7. The smallest absolute Gasteiger partial charge is 0.311 e. The zero-order chi connectivity index (χ0) is 28.9. The Balaban J connectivity index is 1.54. The van der Waals surface area contributed by atoms with Gasteiger partial charge in [-0.2, -0.15) is 4.98 Å². The molecule has 1 saturated heterocycles. The topological polar surface area (TPSA) is 112 Å². The molecule has 0 unspecified atom stereocenters. The zero-order valence-corrected chi connectivity index (χ0v) is 25.1. The van der Waals surface area contributed by atoms with Crippen LogP contribution >= 0.6 is 11.3 Å². The van der Waals surface area contributed by atoms with Gasteiger partial charge in [0.25, 0.3) is 13.9 Å². The van der Waals surface area contributed by atoms with Gasteiger partial charge in [0.05, 0.1) is 12.7 Å². The minimum Gasteiger partial charge on any atom is -0.405 e. The van der Waals surface area contributed by atoms with E-state index in [9.17, 15) is 9.59 Å². The first kappa shape index (κ1) is 28.4. The summed E-state index contributed by atoms with van der Waals surface area (Å²) in [5.41, 5.74) is 3.70. The number of benzene rings is 2. The molecule has 0 spiro atoms. The fourth-order valence-corrected chi connectivity index (χ4v) is 11.3. The molecule has 1 aliphatic heterocycles. The molecule has 8 nitrogen and oxygen atoms in total. The van der Waals surface area contributed by atoms with Crippen LogP contribution < -0.4 is 26.5 Å². The van der Waals surface area contributed by atoms with Crippen LogP contribution in [0.2, 0.25) is 5.04 Å². The number of anilines is 1. The number of ether oxygens (including phenoxy) is 1. The Morgan fingerprint density at radius 1 is 1.07 bits per heavy atom. The van der Waals surface area contributed by atoms with Gasteiger partial charge in [0, 0.05) is 5.92 Å². The van der Waals surface area contributed by atoms with E-state index in [1.807, 2.05) is 36.4 Å². The molecule has 5 rings (SSSR count). The highest BCUT2D eigenvalue weighted by Gasteiger charge is 2.52. The summed E-state index contributed by atoms with van der Waals surface area (Å²) in [6, 6.07) is 20.5. The number of nitrogens with two attached hydrogens (primary N) is 1. The third kappa shape index (κ3) is 4.96. The third-order valence-electron chi connectivity index (χ3n) is 7.72. The van der Waals surface area contributed by atoms with Crippen LogP contribution in [0.15, 0.2) is 70.3 Å². The highest BCUT2D eigenvalue weighted by Crippen LogP contribution is 2.44. The Morgan fingerprint density at radius 3 is 2.17 bits per heavy atom. The quantitative estimate of drug-likeness (QED) is 0.319. The van der Waals surface area contributed by atoms with Crippen LogP contribution in [0, 0.1) is 5.92 Å². The van der Waals surface area contributed by atoms with E-state index >= 15 is 4.39 Å². The predicted molar refractivity (Wildman–Crippen MR) is 160 cm³/mol. The van der Waals surface area contributed by atoms with Gasteiger partial charge in [-0.15, -0.1) is 0 Å². The number of thiazole rings is 1. The van der Waals surface area contributed by atoms with Crippen LogP contribution in [0.5, 0.6) is 0 Å². The highest BCUT2D eigenvalue weighted by molar-refractivity contribution is 7.16. The Morgan fingerprint density at radius 2 is 1.65 bits per heavy atom. The first-order chi connectivity index (χ1) is 18.8. The van der Waals surface area contributed by atoms with E-state index in [1.54, 1.807) is 0 Å². The number of hydrogen-bond acceptors (Lipinski definition) is 7. The van der Waals surface area contributed by atoms with Crippen molar-refractivity contribution in [2.24, 2.45) is 5.92 Å². The van der Waals surface area contributed by atoms with Gasteiger partial charge in [-0.05, 0) is 35.7 Å². The van der Waals surface area contributed by atoms with Gasteiger partial charge < -0.3 is 14.9 Å². The summed E-state index contributed by atoms with van der Waals surface area (Å²) in [6.07, 6.45) is -1.13. The number of fused-ring (bicyclic) bond motifs is 1. The van der Waals surface area contributed by atoms with Gasteiger partial charge in [-0.25, -0.2) is 4.39 Å². The number of aromatic amines is 1. The van der Waals surface area contributed by atoms with Crippen LogP contribution in [0.1, 0.15) is 47.3 Å². The average molecular weight is 583 g/mol. The second kappa shape index (κ2) is 10.4. The number of aromatic nitrogens is 3. The van der Waals surface area contributed by atoms with E-state index in [0.717, 1.165) is 21.7 Å². The Hall–Kier alpha value is -3.12. The van der Waals surface area contributed by atoms with Gasteiger partial charge in [-0.3, -0.25) is 19.1 Å². The molecule has 212 valence electrons. The summed E-state index contributed by atoms with van der Waals surface area (Å²) in [6.45, 7) is 9.74. The molecule has 0 radical (unpaired) electrons. The van der Waals surface area contributed by atoms with Gasteiger partial charge in [0.1, 0.15) is 16.6 Å². The van der Waals surface area contributed by atoms with Crippen molar-refractivity contribution in [2.75, 3.05) is 12.3 Å². The lowest BCUT2D eigenvalue weighted by Gasteiger charge is -2.43. The molecule has 0 amide bonds. The Labute approximate surface area is 237 Å². The van der Waals surface area contributed by atoms with Gasteiger partial charge >= 0.3 is 4.87 Å². The number of nitrogen functional groups attached to an aromatic ring is 1. The zero-order valence-electron chi connectivity index (χ0n) is 23.3. The lowest BCUT2D eigenvalue weighted by atomic mass is 9.88. The predicted octanol–water partition coefficient (Wildman–Crippen LogP) is 3.96. The van der Waals surface area contributed by atoms with Crippen LogP contribution in [-0.4, -0.2) is 41.2 Å². The molecule has 3 heterocycles. The summed E-state index contributed by atoms with van der Waals surface area (Å²) in [5, 5.41) is 2.02. The number of nitrogens with one attached hydrogen (secondary N) is 1. The molecule has 2 aromatic carbocycles. The summed E-state index contributed by atoms with van der Waals surface area (Å²) < 4.78 is 30.5. The van der Waals surface area contributed by atoms with Crippen molar-refractivity contribution in [2.45, 2.75) is 64.1 Å². The lowest BCUT2D eigenvalue weighted by molar-refractivity contribution is -0.0495. The second-order valence-electron chi connectivity index (χ2n) is 11.9. The van der Waals surface area contributed by atoms with Crippen molar-refractivity contribution in [3.63, 3.8) is 0 Å². The van der Waals surface area contributed by atoms with Crippen molar-refractivity contribution >= 4 is 46.3 Å². The van der Waals surface area contributed by atoms with Crippen molar-refractivity contribution in [3.05, 3.63) is 80.7 Å². The Bertz CT molecular complexity index is 1570. The maximum absolute atomic E-state index is 15.7. The van der Waals surface area contributed by atoms with Crippen LogP contribution in [-0.2, 0) is 9.16 Å².